The van der Waals surface area contributed by atoms with Crippen molar-refractivity contribution in [1.82, 2.24) is 4.98 Å². The first-order valence-electron chi connectivity index (χ1n) is 5.58. The summed E-state index contributed by atoms with van der Waals surface area (Å²) in [5.41, 5.74) is 2.11. The largest absolute Gasteiger partial charge is 0.492 e. The molecular formula is C13H15ClN2O. The molecule has 1 aromatic heterocycles. The van der Waals surface area contributed by atoms with Crippen molar-refractivity contribution in [2.45, 2.75) is 13.5 Å². The van der Waals surface area contributed by atoms with Gasteiger partial charge in [-0.15, -0.1) is 0 Å². The molecule has 0 aliphatic heterocycles. The lowest BCUT2D eigenvalue weighted by atomic mass is 10.3. The molecule has 17 heavy (non-hydrogen) atoms. The lowest BCUT2D eigenvalue weighted by Crippen LogP contribution is -2.00. The van der Waals surface area contributed by atoms with Gasteiger partial charge in [0.1, 0.15) is 5.75 Å². The lowest BCUT2D eigenvalue weighted by molar-refractivity contribution is 0.340. The van der Waals surface area contributed by atoms with Crippen molar-refractivity contribution in [2.75, 3.05) is 11.9 Å². The number of aromatic nitrogens is 1. The van der Waals surface area contributed by atoms with Gasteiger partial charge < -0.3 is 15.0 Å². The summed E-state index contributed by atoms with van der Waals surface area (Å²) in [5.74, 6) is 0.722. The molecule has 0 aliphatic rings. The number of rotatable bonds is 5. The number of hydrogen-bond donors (Lipinski definition) is 2. The quantitative estimate of drug-likeness (QED) is 0.849. The van der Waals surface area contributed by atoms with Gasteiger partial charge in [0.25, 0.3) is 0 Å². The standard InChI is InChI=1S/C13H15ClN2O/c1-2-17-13-6-5-10(8-12(13)14)16-9-11-4-3-7-15-11/h3-8,15-16H,2,9H2,1H3. The van der Waals surface area contributed by atoms with Crippen LogP contribution in [0, 0.1) is 0 Å². The fraction of sp³-hybridized carbons (Fsp3) is 0.231. The second-order valence-electron chi connectivity index (χ2n) is 3.63. The number of nitrogens with one attached hydrogen (secondary N) is 2. The Morgan fingerprint density at radius 3 is 2.88 bits per heavy atom. The molecule has 0 atom stereocenters. The van der Waals surface area contributed by atoms with Crippen molar-refractivity contribution in [2.24, 2.45) is 0 Å². The minimum Gasteiger partial charge on any atom is -0.492 e. The predicted octanol–water partition coefficient (Wildman–Crippen LogP) is 3.68. The third kappa shape index (κ3) is 3.17. The Hall–Kier alpha value is -1.61. The highest BCUT2D eigenvalue weighted by molar-refractivity contribution is 6.32. The zero-order valence-corrected chi connectivity index (χ0v) is 10.4. The van der Waals surface area contributed by atoms with Gasteiger partial charge in [-0.2, -0.15) is 0 Å². The summed E-state index contributed by atoms with van der Waals surface area (Å²) < 4.78 is 5.38. The molecule has 1 aromatic carbocycles. The van der Waals surface area contributed by atoms with E-state index in [0.29, 0.717) is 11.6 Å². The molecule has 0 radical (unpaired) electrons. The Morgan fingerprint density at radius 1 is 1.35 bits per heavy atom. The maximum atomic E-state index is 6.10. The Kier molecular flexibility index (Phi) is 3.94. The summed E-state index contributed by atoms with van der Waals surface area (Å²) in [6.07, 6.45) is 1.90. The van der Waals surface area contributed by atoms with Crippen molar-refractivity contribution in [1.29, 1.82) is 0 Å². The maximum Gasteiger partial charge on any atom is 0.138 e. The zero-order chi connectivity index (χ0) is 12.1. The van der Waals surface area contributed by atoms with Crippen molar-refractivity contribution in [3.63, 3.8) is 0 Å². The zero-order valence-electron chi connectivity index (χ0n) is 9.66. The fourth-order valence-corrected chi connectivity index (χ4v) is 1.79. The van der Waals surface area contributed by atoms with Crippen LogP contribution in [0.4, 0.5) is 5.69 Å². The summed E-state index contributed by atoms with van der Waals surface area (Å²) >= 11 is 6.10. The highest BCUT2D eigenvalue weighted by Crippen LogP contribution is 2.27. The van der Waals surface area contributed by atoms with E-state index in [-0.39, 0.29) is 0 Å². The van der Waals surface area contributed by atoms with Gasteiger partial charge in [-0.1, -0.05) is 11.6 Å². The minimum atomic E-state index is 0.620. The average Bonchev–Trinajstić information content (AvgIpc) is 2.83. The Labute approximate surface area is 106 Å². The number of benzene rings is 1. The van der Waals surface area contributed by atoms with Gasteiger partial charge in [-0.25, -0.2) is 0 Å². The van der Waals surface area contributed by atoms with Crippen LogP contribution in [-0.4, -0.2) is 11.6 Å². The molecule has 0 fully saturated rings. The normalized spacial score (nSPS) is 10.2. The molecule has 0 spiro atoms. The van der Waals surface area contributed by atoms with Gasteiger partial charge in [0, 0.05) is 17.6 Å². The molecule has 90 valence electrons. The van der Waals surface area contributed by atoms with E-state index in [9.17, 15) is 0 Å². The van der Waals surface area contributed by atoms with E-state index in [2.05, 4.69) is 10.3 Å². The summed E-state index contributed by atoms with van der Waals surface area (Å²) in [7, 11) is 0. The molecule has 0 amide bonds. The third-order valence-electron chi connectivity index (χ3n) is 2.38. The van der Waals surface area contributed by atoms with Crippen molar-refractivity contribution in [3.8, 4) is 5.75 Å². The number of ether oxygens (including phenoxy) is 1. The predicted molar refractivity (Wildman–Crippen MR) is 70.7 cm³/mol. The van der Waals surface area contributed by atoms with Crippen LogP contribution in [0.25, 0.3) is 0 Å². The molecule has 2 aromatic rings. The Morgan fingerprint density at radius 2 is 2.24 bits per heavy atom. The molecule has 0 saturated heterocycles. The lowest BCUT2D eigenvalue weighted by Gasteiger charge is -2.09. The number of hydrogen-bond acceptors (Lipinski definition) is 2. The molecule has 3 nitrogen and oxygen atoms in total. The van der Waals surface area contributed by atoms with Gasteiger partial charge in [0.05, 0.1) is 18.2 Å². The van der Waals surface area contributed by atoms with Crippen LogP contribution >= 0.6 is 11.6 Å². The van der Waals surface area contributed by atoms with E-state index in [1.54, 1.807) is 0 Å². The summed E-state index contributed by atoms with van der Waals surface area (Å²) in [5, 5.41) is 3.91. The van der Waals surface area contributed by atoms with E-state index in [1.165, 1.54) is 0 Å². The van der Waals surface area contributed by atoms with Gasteiger partial charge in [0.15, 0.2) is 0 Å². The number of halogens is 1. The summed E-state index contributed by atoms with van der Waals surface area (Å²) in [6.45, 7) is 3.31. The number of H-pyrrole nitrogens is 1. The van der Waals surface area contributed by atoms with Crippen LogP contribution in [0.15, 0.2) is 36.5 Å². The minimum absolute atomic E-state index is 0.620. The van der Waals surface area contributed by atoms with Crippen molar-refractivity contribution < 1.29 is 4.74 Å². The van der Waals surface area contributed by atoms with E-state index >= 15 is 0 Å². The smallest absolute Gasteiger partial charge is 0.138 e. The van der Waals surface area contributed by atoms with Crippen LogP contribution < -0.4 is 10.1 Å². The maximum absolute atomic E-state index is 6.10. The Bertz CT molecular complexity index is 468. The SMILES string of the molecule is CCOc1ccc(NCc2ccc[nH]2)cc1Cl. The van der Waals surface area contributed by atoms with Crippen LogP contribution in [0.1, 0.15) is 12.6 Å². The van der Waals surface area contributed by atoms with Crippen LogP contribution in [0.5, 0.6) is 5.75 Å². The average molecular weight is 251 g/mol. The van der Waals surface area contributed by atoms with Crippen LogP contribution in [0.3, 0.4) is 0 Å². The highest BCUT2D eigenvalue weighted by Gasteiger charge is 2.02. The molecule has 0 aliphatic carbocycles. The van der Waals surface area contributed by atoms with E-state index in [4.69, 9.17) is 16.3 Å². The molecule has 2 rings (SSSR count). The van der Waals surface area contributed by atoms with Crippen LogP contribution in [-0.2, 0) is 6.54 Å². The Balaban J connectivity index is 2.00. The summed E-state index contributed by atoms with van der Waals surface area (Å²) in [4.78, 5) is 3.13. The van der Waals surface area contributed by atoms with E-state index in [0.717, 1.165) is 23.7 Å². The van der Waals surface area contributed by atoms with Gasteiger partial charge >= 0.3 is 0 Å². The van der Waals surface area contributed by atoms with Crippen LogP contribution in [0.2, 0.25) is 5.02 Å². The summed E-state index contributed by atoms with van der Waals surface area (Å²) in [6, 6.07) is 9.71. The number of anilines is 1. The molecule has 4 heteroatoms. The fourth-order valence-electron chi connectivity index (χ4n) is 1.56. The third-order valence-corrected chi connectivity index (χ3v) is 2.67. The number of aromatic amines is 1. The first kappa shape index (κ1) is 11.9. The molecule has 0 bridgehead atoms. The molecule has 2 N–H and O–H groups in total. The van der Waals surface area contributed by atoms with Crippen molar-refractivity contribution in [3.05, 3.63) is 47.2 Å². The molecular weight excluding hydrogens is 236 g/mol. The second-order valence-corrected chi connectivity index (χ2v) is 4.03. The highest BCUT2D eigenvalue weighted by atomic mass is 35.5. The van der Waals surface area contributed by atoms with Gasteiger partial charge in [-0.05, 0) is 37.3 Å². The molecule has 0 saturated carbocycles. The van der Waals surface area contributed by atoms with Crippen molar-refractivity contribution >= 4 is 17.3 Å². The topological polar surface area (TPSA) is 37.0 Å². The first-order valence-corrected chi connectivity index (χ1v) is 5.96. The van der Waals surface area contributed by atoms with E-state index in [1.807, 2.05) is 43.5 Å². The monoisotopic (exact) mass is 250 g/mol. The molecule has 0 unspecified atom stereocenters. The van der Waals surface area contributed by atoms with E-state index < -0.39 is 0 Å². The molecule has 1 heterocycles. The van der Waals surface area contributed by atoms with Gasteiger partial charge in [-0.3, -0.25) is 0 Å². The first-order chi connectivity index (χ1) is 8.29. The second kappa shape index (κ2) is 5.64. The van der Waals surface area contributed by atoms with Gasteiger partial charge in [0.2, 0.25) is 0 Å².